The van der Waals surface area contributed by atoms with Crippen molar-refractivity contribution in [1.82, 2.24) is 5.32 Å². The van der Waals surface area contributed by atoms with E-state index in [9.17, 15) is 0 Å². The van der Waals surface area contributed by atoms with Crippen molar-refractivity contribution in [2.24, 2.45) is 11.7 Å². The number of nitrogens with two attached hydrogens (primary N) is 1. The molecule has 16 heavy (non-hydrogen) atoms. The van der Waals surface area contributed by atoms with Crippen LogP contribution in [0.3, 0.4) is 0 Å². The first-order valence-electron chi connectivity index (χ1n) is 6.32. The molecule has 0 bridgehead atoms. The van der Waals surface area contributed by atoms with Gasteiger partial charge in [-0.1, -0.05) is 31.2 Å². The molecule has 1 aliphatic carbocycles. The Bertz CT molecular complexity index is 312. The summed E-state index contributed by atoms with van der Waals surface area (Å²) >= 11 is 0. The lowest BCUT2D eigenvalue weighted by molar-refractivity contribution is 0.256. The predicted molar refractivity (Wildman–Crippen MR) is 68.2 cm³/mol. The van der Waals surface area contributed by atoms with Crippen LogP contribution in [0.15, 0.2) is 24.3 Å². The van der Waals surface area contributed by atoms with Crippen LogP contribution in [0.2, 0.25) is 0 Å². The van der Waals surface area contributed by atoms with Crippen molar-refractivity contribution in [1.29, 1.82) is 0 Å². The molecule has 0 aromatic heterocycles. The number of benzene rings is 1. The van der Waals surface area contributed by atoms with Gasteiger partial charge in [0.1, 0.15) is 0 Å². The molecule has 1 fully saturated rings. The van der Waals surface area contributed by atoms with Crippen LogP contribution in [0.25, 0.3) is 0 Å². The fourth-order valence-electron chi connectivity index (χ4n) is 2.27. The Morgan fingerprint density at radius 3 is 2.38 bits per heavy atom. The maximum absolute atomic E-state index is 5.76. The van der Waals surface area contributed by atoms with Crippen LogP contribution in [0.1, 0.15) is 30.9 Å². The molecule has 0 amide bonds. The van der Waals surface area contributed by atoms with Crippen molar-refractivity contribution >= 4 is 0 Å². The Morgan fingerprint density at radius 2 is 1.81 bits per heavy atom. The summed E-state index contributed by atoms with van der Waals surface area (Å²) in [4.78, 5) is 0. The molecule has 0 unspecified atom stereocenters. The molecule has 2 rings (SSSR count). The van der Waals surface area contributed by atoms with Crippen LogP contribution in [-0.2, 0) is 13.0 Å². The summed E-state index contributed by atoms with van der Waals surface area (Å²) in [6, 6.07) is 9.35. The number of hydrogen-bond acceptors (Lipinski definition) is 2. The van der Waals surface area contributed by atoms with E-state index in [0.29, 0.717) is 6.04 Å². The van der Waals surface area contributed by atoms with Crippen molar-refractivity contribution in [3.05, 3.63) is 35.4 Å². The molecule has 88 valence electrons. The average molecular weight is 218 g/mol. The summed E-state index contributed by atoms with van der Waals surface area (Å²) in [5.74, 6) is 0.810. The van der Waals surface area contributed by atoms with E-state index in [1.807, 2.05) is 0 Å². The van der Waals surface area contributed by atoms with Gasteiger partial charge in [-0.25, -0.2) is 0 Å². The minimum absolute atomic E-state index is 0.468. The second-order valence-electron chi connectivity index (χ2n) is 4.90. The van der Waals surface area contributed by atoms with Gasteiger partial charge in [0, 0.05) is 12.6 Å². The van der Waals surface area contributed by atoms with Crippen LogP contribution in [0.5, 0.6) is 0 Å². The van der Waals surface area contributed by atoms with Gasteiger partial charge in [-0.3, -0.25) is 0 Å². The van der Waals surface area contributed by atoms with E-state index >= 15 is 0 Å². The van der Waals surface area contributed by atoms with E-state index in [2.05, 4.69) is 36.5 Å². The molecular weight excluding hydrogens is 196 g/mol. The summed E-state index contributed by atoms with van der Waals surface area (Å²) in [6.07, 6.45) is 3.51. The lowest BCUT2D eigenvalue weighted by Gasteiger charge is -2.32. The van der Waals surface area contributed by atoms with E-state index in [1.165, 1.54) is 24.0 Å². The molecule has 0 radical (unpaired) electrons. The Labute approximate surface area is 98.2 Å². The first-order valence-corrected chi connectivity index (χ1v) is 6.32. The van der Waals surface area contributed by atoms with Gasteiger partial charge < -0.3 is 11.1 Å². The standard InChI is InChI=1S/C14H22N2/c1-2-11-3-5-12(6-4-11)9-16-10-13-7-14(15)8-13/h3-6,13-14,16H,2,7-10,15H2,1H3. The summed E-state index contributed by atoms with van der Waals surface area (Å²) in [5.41, 5.74) is 8.54. The normalized spacial score (nSPS) is 24.1. The number of aryl methyl sites for hydroxylation is 1. The van der Waals surface area contributed by atoms with E-state index in [4.69, 9.17) is 5.73 Å². The SMILES string of the molecule is CCc1ccc(CNCC2CC(N)C2)cc1. The first kappa shape index (κ1) is 11.6. The van der Waals surface area contributed by atoms with Crippen molar-refractivity contribution in [3.63, 3.8) is 0 Å². The lowest BCUT2D eigenvalue weighted by Crippen LogP contribution is -2.41. The van der Waals surface area contributed by atoms with Crippen LogP contribution in [-0.4, -0.2) is 12.6 Å². The third-order valence-corrected chi connectivity index (χ3v) is 3.47. The van der Waals surface area contributed by atoms with Crippen molar-refractivity contribution in [3.8, 4) is 0 Å². The highest BCUT2D eigenvalue weighted by Crippen LogP contribution is 2.24. The largest absolute Gasteiger partial charge is 0.328 e. The topological polar surface area (TPSA) is 38.0 Å². The summed E-state index contributed by atoms with van der Waals surface area (Å²) in [5, 5.41) is 3.51. The van der Waals surface area contributed by atoms with Gasteiger partial charge in [0.2, 0.25) is 0 Å². The highest BCUT2D eigenvalue weighted by Gasteiger charge is 2.24. The van der Waals surface area contributed by atoms with Gasteiger partial charge in [-0.15, -0.1) is 0 Å². The third-order valence-electron chi connectivity index (χ3n) is 3.47. The second-order valence-corrected chi connectivity index (χ2v) is 4.90. The molecule has 1 saturated carbocycles. The van der Waals surface area contributed by atoms with Gasteiger partial charge in [0.05, 0.1) is 0 Å². The molecule has 2 heteroatoms. The molecule has 2 nitrogen and oxygen atoms in total. The average Bonchev–Trinajstić information content (AvgIpc) is 2.27. The molecule has 0 spiro atoms. The Morgan fingerprint density at radius 1 is 1.19 bits per heavy atom. The molecule has 0 heterocycles. The molecule has 0 saturated heterocycles. The second kappa shape index (κ2) is 5.46. The highest BCUT2D eigenvalue weighted by molar-refractivity contribution is 5.22. The van der Waals surface area contributed by atoms with Gasteiger partial charge in [0.25, 0.3) is 0 Å². The van der Waals surface area contributed by atoms with Crippen molar-refractivity contribution < 1.29 is 0 Å². The van der Waals surface area contributed by atoms with Crippen LogP contribution in [0, 0.1) is 5.92 Å². The fraction of sp³-hybridized carbons (Fsp3) is 0.571. The molecule has 0 atom stereocenters. The molecule has 0 aliphatic heterocycles. The zero-order valence-electron chi connectivity index (χ0n) is 10.1. The Balaban J connectivity index is 1.68. The molecular formula is C14H22N2. The lowest BCUT2D eigenvalue weighted by atomic mass is 9.81. The highest BCUT2D eigenvalue weighted by atomic mass is 14.9. The van der Waals surface area contributed by atoms with Crippen LogP contribution < -0.4 is 11.1 Å². The van der Waals surface area contributed by atoms with E-state index in [0.717, 1.165) is 25.4 Å². The van der Waals surface area contributed by atoms with Gasteiger partial charge in [0.15, 0.2) is 0 Å². The van der Waals surface area contributed by atoms with Crippen LogP contribution >= 0.6 is 0 Å². The van der Waals surface area contributed by atoms with E-state index < -0.39 is 0 Å². The third kappa shape index (κ3) is 3.06. The Kier molecular flexibility index (Phi) is 3.97. The van der Waals surface area contributed by atoms with Gasteiger partial charge >= 0.3 is 0 Å². The van der Waals surface area contributed by atoms with Gasteiger partial charge in [-0.05, 0) is 42.9 Å². The number of rotatable bonds is 5. The summed E-state index contributed by atoms with van der Waals surface area (Å²) < 4.78 is 0. The zero-order valence-corrected chi connectivity index (χ0v) is 10.1. The smallest absolute Gasteiger partial charge is 0.0205 e. The monoisotopic (exact) mass is 218 g/mol. The van der Waals surface area contributed by atoms with E-state index in [-0.39, 0.29) is 0 Å². The first-order chi connectivity index (χ1) is 7.78. The summed E-state index contributed by atoms with van der Waals surface area (Å²) in [6.45, 7) is 4.28. The van der Waals surface area contributed by atoms with Crippen molar-refractivity contribution in [2.45, 2.75) is 38.8 Å². The number of nitrogens with one attached hydrogen (secondary N) is 1. The molecule has 1 aliphatic rings. The molecule has 3 N–H and O–H groups in total. The maximum atomic E-state index is 5.76. The fourth-order valence-corrected chi connectivity index (χ4v) is 2.27. The minimum Gasteiger partial charge on any atom is -0.328 e. The molecule has 1 aromatic rings. The van der Waals surface area contributed by atoms with Gasteiger partial charge in [-0.2, -0.15) is 0 Å². The minimum atomic E-state index is 0.468. The quantitative estimate of drug-likeness (QED) is 0.794. The summed E-state index contributed by atoms with van der Waals surface area (Å²) in [7, 11) is 0. The van der Waals surface area contributed by atoms with E-state index in [1.54, 1.807) is 0 Å². The maximum Gasteiger partial charge on any atom is 0.0205 e. The number of hydrogen-bond donors (Lipinski definition) is 2. The predicted octanol–water partition coefficient (Wildman–Crippen LogP) is 2.08. The molecule has 1 aromatic carbocycles. The van der Waals surface area contributed by atoms with Crippen molar-refractivity contribution in [2.75, 3.05) is 6.54 Å². The van der Waals surface area contributed by atoms with Crippen LogP contribution in [0.4, 0.5) is 0 Å². The zero-order chi connectivity index (χ0) is 11.4. The Hall–Kier alpha value is -0.860.